The second-order valence-corrected chi connectivity index (χ2v) is 8.41. The number of anilines is 1. The smallest absolute Gasteiger partial charge is 0.250 e. The summed E-state index contributed by atoms with van der Waals surface area (Å²) in [6.07, 6.45) is -0.249. The van der Waals surface area contributed by atoms with Crippen molar-refractivity contribution in [3.8, 4) is 0 Å². The van der Waals surface area contributed by atoms with Gasteiger partial charge in [-0.3, -0.25) is 24.6 Å². The number of aliphatic hydroxyl groups excluding tert-OH is 1. The van der Waals surface area contributed by atoms with E-state index in [1.165, 1.54) is 4.90 Å². The zero-order valence-corrected chi connectivity index (χ0v) is 16.9. The minimum Gasteiger partial charge on any atom is -0.392 e. The van der Waals surface area contributed by atoms with Crippen LogP contribution in [-0.2, 0) is 19.9 Å². The number of nitrogens with zero attached hydrogens (tertiary/aromatic N) is 1. The minimum absolute atomic E-state index is 0.249. The molecular weight excluding hydrogens is 358 g/mol. The number of imide groups is 1. The molecule has 28 heavy (non-hydrogen) atoms. The molecule has 4 rings (SSSR count). The fourth-order valence-electron chi connectivity index (χ4n) is 5.10. The Morgan fingerprint density at radius 2 is 1.86 bits per heavy atom. The quantitative estimate of drug-likeness (QED) is 0.679. The van der Waals surface area contributed by atoms with Gasteiger partial charge in [0.15, 0.2) is 0 Å². The van der Waals surface area contributed by atoms with Crippen molar-refractivity contribution in [2.75, 3.05) is 5.32 Å². The maximum absolute atomic E-state index is 13.4. The number of carbonyl (C=O) groups is 3. The Morgan fingerprint density at radius 1 is 1.18 bits per heavy atom. The molecule has 0 bridgehead atoms. The van der Waals surface area contributed by atoms with Gasteiger partial charge in [0.05, 0.1) is 17.9 Å². The molecule has 2 fully saturated rings. The van der Waals surface area contributed by atoms with Gasteiger partial charge < -0.3 is 10.4 Å². The largest absolute Gasteiger partial charge is 0.392 e. The van der Waals surface area contributed by atoms with Crippen molar-refractivity contribution in [1.29, 1.82) is 0 Å². The highest BCUT2D eigenvalue weighted by atomic mass is 16.3. The molecule has 0 aliphatic carbocycles. The zero-order valence-electron chi connectivity index (χ0n) is 16.9. The third kappa shape index (κ3) is 2.14. The number of nitrogens with one attached hydrogen (secondary N) is 2. The van der Waals surface area contributed by atoms with Crippen LogP contribution in [0.4, 0.5) is 5.69 Å². The van der Waals surface area contributed by atoms with E-state index >= 15 is 0 Å². The fourth-order valence-corrected chi connectivity index (χ4v) is 5.10. The van der Waals surface area contributed by atoms with Crippen molar-refractivity contribution in [1.82, 2.24) is 10.2 Å². The summed E-state index contributed by atoms with van der Waals surface area (Å²) < 4.78 is 0. The van der Waals surface area contributed by atoms with Crippen molar-refractivity contribution in [3.63, 3.8) is 0 Å². The second-order valence-electron chi connectivity index (χ2n) is 8.41. The zero-order chi connectivity index (χ0) is 20.5. The van der Waals surface area contributed by atoms with Crippen LogP contribution in [0.5, 0.6) is 0 Å². The average molecular weight is 385 g/mol. The van der Waals surface area contributed by atoms with Crippen molar-refractivity contribution in [3.05, 3.63) is 28.8 Å². The third-order valence-corrected chi connectivity index (χ3v) is 6.94. The number of hydrogen-bond acceptors (Lipinski definition) is 5. The molecule has 0 radical (unpaired) electrons. The van der Waals surface area contributed by atoms with Crippen LogP contribution in [0.15, 0.2) is 12.1 Å². The molecule has 0 aromatic heterocycles. The summed E-state index contributed by atoms with van der Waals surface area (Å²) >= 11 is 0. The number of carbonyl (C=O) groups excluding carboxylic acids is 3. The highest BCUT2D eigenvalue weighted by molar-refractivity contribution is 6.15. The van der Waals surface area contributed by atoms with Crippen LogP contribution in [-0.4, -0.2) is 45.9 Å². The Labute approximate surface area is 164 Å². The van der Waals surface area contributed by atoms with E-state index in [4.69, 9.17) is 0 Å². The Morgan fingerprint density at radius 3 is 2.46 bits per heavy atom. The number of likely N-dealkylation sites (tertiary alicyclic amines) is 1. The summed E-state index contributed by atoms with van der Waals surface area (Å²) in [5.74, 6) is -2.59. The summed E-state index contributed by atoms with van der Waals surface area (Å²) in [4.78, 5) is 41.2. The maximum Gasteiger partial charge on any atom is 0.250 e. The van der Waals surface area contributed by atoms with E-state index in [0.29, 0.717) is 17.7 Å². The first-order chi connectivity index (χ1) is 13.2. The van der Waals surface area contributed by atoms with Gasteiger partial charge in [0.1, 0.15) is 5.54 Å². The van der Waals surface area contributed by atoms with Crippen molar-refractivity contribution >= 4 is 23.4 Å². The summed E-state index contributed by atoms with van der Waals surface area (Å²) in [5, 5.41) is 16.6. The first kappa shape index (κ1) is 19.1. The molecule has 1 aromatic rings. The first-order valence-electron chi connectivity index (χ1n) is 9.91. The molecule has 3 heterocycles. The van der Waals surface area contributed by atoms with Crippen molar-refractivity contribution < 1.29 is 19.5 Å². The number of hydrogen-bond donors (Lipinski definition) is 3. The van der Waals surface area contributed by atoms with E-state index in [2.05, 4.69) is 10.6 Å². The summed E-state index contributed by atoms with van der Waals surface area (Å²) in [5.41, 5.74) is 2.02. The van der Waals surface area contributed by atoms with E-state index in [1.807, 2.05) is 39.8 Å². The molecule has 2 saturated heterocycles. The molecule has 6 atom stereocenters. The molecule has 3 amide bonds. The molecule has 1 spiro atoms. The van der Waals surface area contributed by atoms with E-state index in [1.54, 1.807) is 6.92 Å². The summed E-state index contributed by atoms with van der Waals surface area (Å²) in [6, 6.07) is 2.86. The predicted molar refractivity (Wildman–Crippen MR) is 103 cm³/mol. The number of fused-ring (bicyclic) bond motifs is 4. The number of benzene rings is 1. The van der Waals surface area contributed by atoms with Gasteiger partial charge in [-0.25, -0.2) is 0 Å². The normalized spacial score (nSPS) is 33.3. The highest BCUT2D eigenvalue weighted by Crippen LogP contribution is 2.54. The molecule has 150 valence electrons. The van der Waals surface area contributed by atoms with Crippen LogP contribution in [0.3, 0.4) is 0 Å². The van der Waals surface area contributed by atoms with Crippen LogP contribution in [0.2, 0.25) is 0 Å². The number of rotatable bonds is 3. The molecule has 3 aliphatic rings. The summed E-state index contributed by atoms with van der Waals surface area (Å²) in [7, 11) is 0. The second kappa shape index (κ2) is 6.12. The first-order valence-corrected chi connectivity index (χ1v) is 9.91. The van der Waals surface area contributed by atoms with E-state index < -0.39 is 29.5 Å². The molecule has 3 aliphatic heterocycles. The van der Waals surface area contributed by atoms with Gasteiger partial charge in [-0.2, -0.15) is 0 Å². The standard InChI is InChI=1S/C21H27N3O4/c1-6-10(3)24-18(26)14-15(19(24)27)21(23-17(14)12(5)25)13-8-7-9(2)11(4)16(13)22-20(21)28/h7-8,10,12,14-15,17,23,25H,6H2,1-5H3,(H,22,28)/t10-,12+,14-,15-,17-,21+/m0/s1. The Bertz CT molecular complexity index is 896. The highest BCUT2D eigenvalue weighted by Gasteiger charge is 2.71. The van der Waals surface area contributed by atoms with Crippen LogP contribution < -0.4 is 10.6 Å². The van der Waals surface area contributed by atoms with Crippen LogP contribution >= 0.6 is 0 Å². The van der Waals surface area contributed by atoms with Crippen molar-refractivity contribution in [2.45, 2.75) is 64.8 Å². The Hall–Kier alpha value is -2.25. The van der Waals surface area contributed by atoms with Gasteiger partial charge in [-0.15, -0.1) is 0 Å². The van der Waals surface area contributed by atoms with Gasteiger partial charge in [0.2, 0.25) is 17.7 Å². The SMILES string of the molecule is CC[C@H](C)N1C(=O)[C@@H]2[C@H]([C@@H](C)O)N[C@@]3(C(=O)Nc4c3ccc(C)c4C)[C@@H]2C1=O. The topological polar surface area (TPSA) is 98.7 Å². The van der Waals surface area contributed by atoms with Gasteiger partial charge >= 0.3 is 0 Å². The molecule has 3 N–H and O–H groups in total. The lowest BCUT2D eigenvalue weighted by Crippen LogP contribution is -2.55. The predicted octanol–water partition coefficient (Wildman–Crippen LogP) is 1.20. The van der Waals surface area contributed by atoms with E-state index in [9.17, 15) is 19.5 Å². The lowest BCUT2D eigenvalue weighted by atomic mass is 9.76. The van der Waals surface area contributed by atoms with Gasteiger partial charge in [-0.1, -0.05) is 19.1 Å². The van der Waals surface area contributed by atoms with Crippen molar-refractivity contribution in [2.24, 2.45) is 11.8 Å². The molecular formula is C21H27N3O4. The molecule has 0 saturated carbocycles. The molecule has 7 heteroatoms. The maximum atomic E-state index is 13.4. The lowest BCUT2D eigenvalue weighted by Gasteiger charge is -2.31. The number of amides is 3. The molecule has 0 unspecified atom stereocenters. The van der Waals surface area contributed by atoms with Crippen LogP contribution in [0.1, 0.15) is 43.9 Å². The van der Waals surface area contributed by atoms with E-state index in [0.717, 1.165) is 11.1 Å². The lowest BCUT2D eigenvalue weighted by molar-refractivity contribution is -0.145. The van der Waals surface area contributed by atoms with E-state index in [-0.39, 0.29) is 23.8 Å². The molecule has 7 nitrogen and oxygen atoms in total. The molecule has 1 aromatic carbocycles. The fraction of sp³-hybridized carbons (Fsp3) is 0.571. The Balaban J connectivity index is 1.93. The van der Waals surface area contributed by atoms with Gasteiger partial charge in [0, 0.05) is 23.3 Å². The Kier molecular flexibility index (Phi) is 4.17. The average Bonchev–Trinajstić information content (AvgIpc) is 3.24. The summed E-state index contributed by atoms with van der Waals surface area (Å²) in [6.45, 7) is 9.24. The van der Waals surface area contributed by atoms with Gasteiger partial charge in [0.25, 0.3) is 0 Å². The monoisotopic (exact) mass is 385 g/mol. The minimum atomic E-state index is -1.34. The number of aryl methyl sites for hydroxylation is 1. The third-order valence-electron chi connectivity index (χ3n) is 6.94. The van der Waals surface area contributed by atoms with Gasteiger partial charge in [-0.05, 0) is 45.2 Å². The van der Waals surface area contributed by atoms with Crippen LogP contribution in [0.25, 0.3) is 0 Å². The number of aliphatic hydroxyl groups is 1. The van der Waals surface area contributed by atoms with Crippen LogP contribution in [0, 0.1) is 25.7 Å².